The van der Waals surface area contributed by atoms with Gasteiger partial charge in [-0.05, 0) is 86.4 Å². The molecule has 1 aliphatic rings. The smallest absolute Gasteiger partial charge is 0.336 e. The number of ether oxygens (including phenoxy) is 3. The molecule has 0 aromatic heterocycles. The molecule has 0 bridgehead atoms. The second-order valence-corrected chi connectivity index (χ2v) is 9.77. The maximum Gasteiger partial charge on any atom is 0.336 e. The highest BCUT2D eigenvalue weighted by Gasteiger charge is 2.42. The van der Waals surface area contributed by atoms with Crippen LogP contribution in [0.4, 0.5) is 0 Å². The van der Waals surface area contributed by atoms with Crippen molar-refractivity contribution in [2.24, 2.45) is 5.92 Å². The van der Waals surface area contributed by atoms with Crippen molar-refractivity contribution in [1.29, 1.82) is 0 Å². The van der Waals surface area contributed by atoms with Crippen molar-refractivity contribution in [3.63, 3.8) is 0 Å². The highest BCUT2D eigenvalue weighted by molar-refractivity contribution is 5.91. The van der Waals surface area contributed by atoms with Crippen LogP contribution in [0.15, 0.2) is 71.8 Å². The van der Waals surface area contributed by atoms with Crippen molar-refractivity contribution in [2.75, 3.05) is 20.3 Å². The fourth-order valence-electron chi connectivity index (χ4n) is 4.37. The van der Waals surface area contributed by atoms with Crippen molar-refractivity contribution in [3.8, 4) is 17.2 Å². The minimum absolute atomic E-state index is 0.0119. The lowest BCUT2D eigenvalue weighted by Crippen LogP contribution is -2.27. The molecular weight excluding hydrogens is 516 g/mol. The number of phenolic OH excluding ortho intramolecular Hbond substituents is 3. The molecule has 2 aromatic rings. The summed E-state index contributed by atoms with van der Waals surface area (Å²) < 4.78 is 16.2. The average Bonchev–Trinajstić information content (AvgIpc) is 3.26. The first-order valence-corrected chi connectivity index (χ1v) is 13.1. The highest BCUT2D eigenvalue weighted by atomic mass is 16.7. The van der Waals surface area contributed by atoms with Crippen LogP contribution in [0, 0.1) is 5.92 Å². The Morgan fingerprint density at radius 3 is 2.40 bits per heavy atom. The number of allylic oxidation sites excluding steroid dienone is 1. The van der Waals surface area contributed by atoms with E-state index in [0.29, 0.717) is 36.8 Å². The van der Waals surface area contributed by atoms with E-state index in [1.54, 1.807) is 24.3 Å². The van der Waals surface area contributed by atoms with Gasteiger partial charge in [0.15, 0.2) is 0 Å². The van der Waals surface area contributed by atoms with E-state index in [9.17, 15) is 30.0 Å². The number of esters is 2. The van der Waals surface area contributed by atoms with Gasteiger partial charge >= 0.3 is 11.9 Å². The van der Waals surface area contributed by atoms with E-state index in [4.69, 9.17) is 14.2 Å². The predicted octanol–water partition coefficient (Wildman–Crippen LogP) is 4.85. The summed E-state index contributed by atoms with van der Waals surface area (Å²) >= 11 is 0. The Bertz CT molecular complexity index is 1240. The van der Waals surface area contributed by atoms with Gasteiger partial charge in [0.1, 0.15) is 23.9 Å². The van der Waals surface area contributed by atoms with Gasteiger partial charge < -0.3 is 34.6 Å². The maximum absolute atomic E-state index is 12.5. The SMILES string of the molecule is CO[C@@]1(c2cc(O)cc(O)c2)C=C(CCCC(CO)CC/C=C(\C)COC(=O)/C=C/c2ccc(O)cc2)C(=O)O1. The van der Waals surface area contributed by atoms with Crippen LogP contribution in [0.25, 0.3) is 6.08 Å². The molecule has 0 saturated heterocycles. The third kappa shape index (κ3) is 8.72. The Kier molecular flexibility index (Phi) is 10.9. The number of hydrogen-bond donors (Lipinski definition) is 4. The number of aromatic hydroxyl groups is 3. The molecule has 2 atom stereocenters. The second-order valence-electron chi connectivity index (χ2n) is 9.77. The molecule has 1 aliphatic heterocycles. The monoisotopic (exact) mass is 552 g/mol. The first-order chi connectivity index (χ1) is 19.1. The average molecular weight is 553 g/mol. The van der Waals surface area contributed by atoms with E-state index in [2.05, 4.69) is 0 Å². The molecule has 1 heterocycles. The molecule has 2 aromatic carbocycles. The van der Waals surface area contributed by atoms with Crippen LogP contribution in [0.2, 0.25) is 0 Å². The number of methoxy groups -OCH3 is 1. The molecule has 0 aliphatic carbocycles. The number of benzene rings is 2. The van der Waals surface area contributed by atoms with Crippen LogP contribution in [0.1, 0.15) is 50.2 Å². The van der Waals surface area contributed by atoms with Gasteiger partial charge in [0.2, 0.25) is 0 Å². The third-order valence-electron chi connectivity index (χ3n) is 6.61. The lowest BCUT2D eigenvalue weighted by molar-refractivity contribution is -0.193. The normalized spacial score (nSPS) is 18.0. The van der Waals surface area contributed by atoms with Gasteiger partial charge in [-0.2, -0.15) is 0 Å². The van der Waals surface area contributed by atoms with E-state index < -0.39 is 17.7 Å². The zero-order valence-electron chi connectivity index (χ0n) is 22.7. The number of hydrogen-bond acceptors (Lipinski definition) is 9. The summed E-state index contributed by atoms with van der Waals surface area (Å²) in [5.74, 6) is -2.69. The number of carbonyl (C=O) groups is 2. The highest BCUT2D eigenvalue weighted by Crippen LogP contribution is 2.39. The fourth-order valence-corrected chi connectivity index (χ4v) is 4.37. The molecule has 0 saturated carbocycles. The number of phenols is 3. The van der Waals surface area contributed by atoms with Crippen LogP contribution in [0.5, 0.6) is 17.2 Å². The summed E-state index contributed by atoms with van der Waals surface area (Å²) in [5.41, 5.74) is 2.40. The van der Waals surface area contributed by atoms with Gasteiger partial charge in [-0.15, -0.1) is 0 Å². The van der Waals surface area contributed by atoms with Crippen LogP contribution in [-0.4, -0.2) is 52.7 Å². The van der Waals surface area contributed by atoms with Gasteiger partial charge in [-0.25, -0.2) is 9.59 Å². The lowest BCUT2D eigenvalue weighted by Gasteiger charge is -2.25. The van der Waals surface area contributed by atoms with Crippen molar-refractivity contribution < 1.29 is 44.2 Å². The zero-order chi connectivity index (χ0) is 29.1. The van der Waals surface area contributed by atoms with Crippen molar-refractivity contribution in [1.82, 2.24) is 0 Å². The van der Waals surface area contributed by atoms with Crippen molar-refractivity contribution in [3.05, 3.63) is 83.0 Å². The number of carbonyl (C=O) groups excluding carboxylic acids is 2. The standard InChI is InChI=1S/C31H36O9/c1-21(20-39-29(36)14-11-22-9-12-26(33)13-10-22)5-3-6-23(19-32)7-4-8-24-18-31(38-2,40-30(24)37)25-15-27(34)17-28(35)16-25/h5,9-18,23,32-35H,3-4,6-8,19-20H2,1-2H3/b14-11+,21-5+/t23?,31-/m0/s1. The molecular formula is C31H36O9. The summed E-state index contributed by atoms with van der Waals surface area (Å²) in [4.78, 5) is 24.5. The van der Waals surface area contributed by atoms with Gasteiger partial charge in [0, 0.05) is 43.1 Å². The Hall–Kier alpha value is -4.08. The topological polar surface area (TPSA) is 143 Å². The van der Waals surface area contributed by atoms with Crippen LogP contribution < -0.4 is 0 Å². The molecule has 0 amide bonds. The van der Waals surface area contributed by atoms with Crippen LogP contribution in [0.3, 0.4) is 0 Å². The largest absolute Gasteiger partial charge is 0.508 e. The Morgan fingerprint density at radius 1 is 1.05 bits per heavy atom. The first-order valence-electron chi connectivity index (χ1n) is 13.1. The molecule has 1 unspecified atom stereocenters. The molecule has 9 nitrogen and oxygen atoms in total. The van der Waals surface area contributed by atoms with Crippen LogP contribution in [-0.2, 0) is 29.6 Å². The Balaban J connectivity index is 1.43. The molecule has 0 radical (unpaired) electrons. The van der Waals surface area contributed by atoms with E-state index in [1.807, 2.05) is 13.0 Å². The second kappa shape index (κ2) is 14.3. The van der Waals surface area contributed by atoms with Crippen molar-refractivity contribution in [2.45, 2.75) is 44.8 Å². The third-order valence-corrected chi connectivity index (χ3v) is 6.61. The minimum atomic E-state index is -1.52. The maximum atomic E-state index is 12.5. The predicted molar refractivity (Wildman–Crippen MR) is 148 cm³/mol. The number of cyclic esters (lactones) is 1. The number of aliphatic hydroxyl groups excluding tert-OH is 1. The van der Waals surface area contributed by atoms with Crippen molar-refractivity contribution >= 4 is 18.0 Å². The minimum Gasteiger partial charge on any atom is -0.508 e. The van der Waals surface area contributed by atoms with E-state index in [-0.39, 0.29) is 36.4 Å². The molecule has 3 rings (SSSR count). The summed E-state index contributed by atoms with van der Waals surface area (Å²) in [7, 11) is 1.38. The first kappa shape index (κ1) is 30.5. The lowest BCUT2D eigenvalue weighted by atomic mass is 9.95. The van der Waals surface area contributed by atoms with Gasteiger partial charge in [0.05, 0.1) is 0 Å². The summed E-state index contributed by atoms with van der Waals surface area (Å²) in [6.07, 6.45) is 9.68. The van der Waals surface area contributed by atoms with Gasteiger partial charge in [-0.1, -0.05) is 18.2 Å². The molecule has 9 heteroatoms. The molecule has 4 N–H and O–H groups in total. The van der Waals surface area contributed by atoms with E-state index in [0.717, 1.165) is 17.6 Å². The zero-order valence-corrected chi connectivity index (χ0v) is 22.7. The Morgan fingerprint density at radius 2 is 1.75 bits per heavy atom. The fraction of sp³-hybridized carbons (Fsp3) is 0.355. The summed E-state index contributed by atoms with van der Waals surface area (Å²) in [6.45, 7) is 2.05. The van der Waals surface area contributed by atoms with Gasteiger partial charge in [0.25, 0.3) is 5.79 Å². The molecule has 214 valence electrons. The Labute approximate surface area is 233 Å². The summed E-state index contributed by atoms with van der Waals surface area (Å²) in [5, 5.41) is 38.8. The molecule has 40 heavy (non-hydrogen) atoms. The molecule has 0 fully saturated rings. The molecule has 0 spiro atoms. The van der Waals surface area contributed by atoms with E-state index in [1.165, 1.54) is 43.5 Å². The quantitative estimate of drug-likeness (QED) is 0.147. The number of aliphatic hydroxyl groups is 1. The van der Waals surface area contributed by atoms with E-state index >= 15 is 0 Å². The summed E-state index contributed by atoms with van der Waals surface area (Å²) in [6, 6.07) is 10.4. The number of rotatable bonds is 14. The van der Waals surface area contributed by atoms with Crippen LogP contribution >= 0.6 is 0 Å². The van der Waals surface area contributed by atoms with Gasteiger partial charge in [-0.3, -0.25) is 0 Å².